The minimum atomic E-state index is -0.189. The second-order valence-corrected chi connectivity index (χ2v) is 5.21. The summed E-state index contributed by atoms with van der Waals surface area (Å²) in [5, 5.41) is 3.35. The molecule has 0 aliphatic rings. The molecule has 0 spiro atoms. The van der Waals surface area contributed by atoms with Crippen molar-refractivity contribution in [3.63, 3.8) is 0 Å². The second-order valence-electron chi connectivity index (χ2n) is 5.21. The van der Waals surface area contributed by atoms with Crippen LogP contribution in [0.4, 0.5) is 10.2 Å². The Labute approximate surface area is 125 Å². The Bertz CT molecular complexity index is 638. The molecule has 4 heteroatoms. The summed E-state index contributed by atoms with van der Waals surface area (Å²) < 4.78 is 13.5. The molecule has 1 N–H and O–H groups in total. The van der Waals surface area contributed by atoms with Crippen LogP contribution in [-0.4, -0.2) is 16.5 Å². The molecule has 0 amide bonds. The zero-order valence-electron chi connectivity index (χ0n) is 13.1. The third kappa shape index (κ3) is 3.38. The van der Waals surface area contributed by atoms with Crippen molar-refractivity contribution >= 4 is 5.82 Å². The van der Waals surface area contributed by atoms with Crippen LogP contribution in [-0.2, 0) is 6.42 Å². The Morgan fingerprint density at radius 2 is 1.90 bits per heavy atom. The number of aromatic nitrogens is 2. The van der Waals surface area contributed by atoms with Gasteiger partial charge in [0.05, 0.1) is 5.69 Å². The van der Waals surface area contributed by atoms with Crippen LogP contribution in [0.25, 0.3) is 11.3 Å². The minimum Gasteiger partial charge on any atom is -0.370 e. The summed E-state index contributed by atoms with van der Waals surface area (Å²) in [6.45, 7) is 8.81. The smallest absolute Gasteiger partial charge is 0.133 e. The molecule has 2 aromatic rings. The van der Waals surface area contributed by atoms with Crippen LogP contribution < -0.4 is 5.32 Å². The maximum atomic E-state index is 13.5. The fourth-order valence-electron chi connectivity index (χ4n) is 2.21. The molecule has 2 rings (SSSR count). The first-order chi connectivity index (χ1) is 10.1. The van der Waals surface area contributed by atoms with Gasteiger partial charge >= 0.3 is 0 Å². The van der Waals surface area contributed by atoms with Crippen LogP contribution in [0.15, 0.2) is 18.2 Å². The summed E-state index contributed by atoms with van der Waals surface area (Å²) in [4.78, 5) is 9.19. The number of nitrogens with zero attached hydrogens (tertiary/aromatic N) is 2. The first kappa shape index (κ1) is 15.4. The second kappa shape index (κ2) is 6.66. The van der Waals surface area contributed by atoms with Gasteiger partial charge in [-0.1, -0.05) is 13.8 Å². The normalized spacial score (nSPS) is 10.7. The van der Waals surface area contributed by atoms with Gasteiger partial charge in [0.15, 0.2) is 0 Å². The van der Waals surface area contributed by atoms with Gasteiger partial charge < -0.3 is 5.32 Å². The van der Waals surface area contributed by atoms with E-state index in [2.05, 4.69) is 22.2 Å². The van der Waals surface area contributed by atoms with Crippen molar-refractivity contribution in [2.45, 2.75) is 40.5 Å². The van der Waals surface area contributed by atoms with E-state index in [9.17, 15) is 4.39 Å². The van der Waals surface area contributed by atoms with Crippen molar-refractivity contribution in [3.8, 4) is 11.3 Å². The summed E-state index contributed by atoms with van der Waals surface area (Å²) >= 11 is 0. The third-order valence-corrected chi connectivity index (χ3v) is 3.48. The van der Waals surface area contributed by atoms with Gasteiger partial charge in [0.25, 0.3) is 0 Å². The highest BCUT2D eigenvalue weighted by atomic mass is 19.1. The molecule has 0 fully saturated rings. The van der Waals surface area contributed by atoms with E-state index in [0.717, 1.165) is 47.8 Å². The average molecular weight is 287 g/mol. The predicted octanol–water partition coefficient (Wildman–Crippen LogP) is 4.28. The van der Waals surface area contributed by atoms with Gasteiger partial charge in [-0.25, -0.2) is 14.4 Å². The lowest BCUT2D eigenvalue weighted by Gasteiger charge is -2.14. The number of halogens is 1. The van der Waals surface area contributed by atoms with Crippen molar-refractivity contribution in [2.24, 2.45) is 0 Å². The topological polar surface area (TPSA) is 37.8 Å². The van der Waals surface area contributed by atoms with Crippen LogP contribution in [0.2, 0.25) is 0 Å². The Morgan fingerprint density at radius 1 is 1.14 bits per heavy atom. The van der Waals surface area contributed by atoms with E-state index < -0.39 is 0 Å². The summed E-state index contributed by atoms with van der Waals surface area (Å²) in [5.74, 6) is 1.49. The molecule has 0 bridgehead atoms. The molecule has 1 aromatic heterocycles. The monoisotopic (exact) mass is 287 g/mol. The number of nitrogens with one attached hydrogen (secondary N) is 1. The highest BCUT2D eigenvalue weighted by Gasteiger charge is 2.12. The van der Waals surface area contributed by atoms with Crippen molar-refractivity contribution in [1.82, 2.24) is 9.97 Å². The predicted molar refractivity (Wildman–Crippen MR) is 85.1 cm³/mol. The fourth-order valence-corrected chi connectivity index (χ4v) is 2.21. The van der Waals surface area contributed by atoms with Crippen molar-refractivity contribution in [2.75, 3.05) is 11.9 Å². The lowest BCUT2D eigenvalue weighted by atomic mass is 10.0. The van der Waals surface area contributed by atoms with E-state index in [1.807, 2.05) is 19.9 Å². The van der Waals surface area contributed by atoms with Crippen LogP contribution in [0.5, 0.6) is 0 Å². The van der Waals surface area contributed by atoms with Crippen LogP contribution in [0, 0.1) is 19.7 Å². The standard InChI is InChI=1S/C17H22FN3/c1-5-9-19-17-12(4)16(20-15(6-2)21-17)13-7-8-14(18)11(3)10-13/h7-8,10H,5-6,9H2,1-4H3,(H,19,20,21). The van der Waals surface area contributed by atoms with E-state index in [4.69, 9.17) is 0 Å². The molecule has 1 aromatic carbocycles. The summed E-state index contributed by atoms with van der Waals surface area (Å²) in [5.41, 5.74) is 3.45. The number of rotatable bonds is 5. The third-order valence-electron chi connectivity index (χ3n) is 3.48. The quantitative estimate of drug-likeness (QED) is 0.891. The summed E-state index contributed by atoms with van der Waals surface area (Å²) in [6.07, 6.45) is 1.81. The van der Waals surface area contributed by atoms with Gasteiger partial charge in [-0.15, -0.1) is 0 Å². The summed E-state index contributed by atoms with van der Waals surface area (Å²) in [6, 6.07) is 5.12. The van der Waals surface area contributed by atoms with Gasteiger partial charge in [-0.05, 0) is 44.0 Å². The molecular weight excluding hydrogens is 265 g/mol. The molecule has 3 nitrogen and oxygen atoms in total. The summed E-state index contributed by atoms with van der Waals surface area (Å²) in [7, 11) is 0. The maximum Gasteiger partial charge on any atom is 0.133 e. The number of anilines is 1. The molecule has 1 heterocycles. The van der Waals surface area contributed by atoms with Gasteiger partial charge in [0, 0.05) is 24.1 Å². The Balaban J connectivity index is 2.52. The first-order valence-electron chi connectivity index (χ1n) is 7.44. The number of hydrogen-bond acceptors (Lipinski definition) is 3. The molecule has 0 saturated carbocycles. The molecular formula is C17H22FN3. The van der Waals surface area contributed by atoms with Crippen molar-refractivity contribution < 1.29 is 4.39 Å². The molecule has 0 atom stereocenters. The number of benzene rings is 1. The molecule has 21 heavy (non-hydrogen) atoms. The van der Waals surface area contributed by atoms with Crippen LogP contribution in [0.3, 0.4) is 0 Å². The van der Waals surface area contributed by atoms with Crippen LogP contribution >= 0.6 is 0 Å². The molecule has 0 aliphatic carbocycles. The van der Waals surface area contributed by atoms with E-state index >= 15 is 0 Å². The van der Waals surface area contributed by atoms with Crippen molar-refractivity contribution in [3.05, 3.63) is 41.0 Å². The van der Waals surface area contributed by atoms with E-state index in [0.29, 0.717) is 5.56 Å². The average Bonchev–Trinajstić information content (AvgIpc) is 2.49. The van der Waals surface area contributed by atoms with Gasteiger partial charge in [0.1, 0.15) is 17.5 Å². The minimum absolute atomic E-state index is 0.189. The fraction of sp³-hybridized carbons (Fsp3) is 0.412. The highest BCUT2D eigenvalue weighted by Crippen LogP contribution is 2.27. The molecule has 112 valence electrons. The van der Waals surface area contributed by atoms with E-state index in [1.165, 1.54) is 6.07 Å². The van der Waals surface area contributed by atoms with Gasteiger partial charge in [-0.3, -0.25) is 0 Å². The maximum absolute atomic E-state index is 13.5. The number of aryl methyl sites for hydroxylation is 2. The zero-order chi connectivity index (χ0) is 15.4. The first-order valence-corrected chi connectivity index (χ1v) is 7.44. The van der Waals surface area contributed by atoms with Gasteiger partial charge in [-0.2, -0.15) is 0 Å². The molecule has 0 unspecified atom stereocenters. The Morgan fingerprint density at radius 3 is 2.52 bits per heavy atom. The Hall–Kier alpha value is -1.97. The lowest BCUT2D eigenvalue weighted by Crippen LogP contribution is -2.08. The SMILES string of the molecule is CCCNc1nc(CC)nc(-c2ccc(F)c(C)c2)c1C. The Kier molecular flexibility index (Phi) is 4.89. The largest absolute Gasteiger partial charge is 0.370 e. The molecule has 0 saturated heterocycles. The van der Waals surface area contributed by atoms with E-state index in [-0.39, 0.29) is 5.82 Å². The lowest BCUT2D eigenvalue weighted by molar-refractivity contribution is 0.618. The number of hydrogen-bond donors (Lipinski definition) is 1. The molecule has 0 aliphatic heterocycles. The van der Waals surface area contributed by atoms with E-state index in [1.54, 1.807) is 13.0 Å². The highest BCUT2D eigenvalue weighted by molar-refractivity contribution is 5.68. The molecule has 0 radical (unpaired) electrons. The van der Waals surface area contributed by atoms with Gasteiger partial charge in [0.2, 0.25) is 0 Å². The van der Waals surface area contributed by atoms with Crippen LogP contribution in [0.1, 0.15) is 37.2 Å². The van der Waals surface area contributed by atoms with Crippen molar-refractivity contribution in [1.29, 1.82) is 0 Å². The zero-order valence-corrected chi connectivity index (χ0v) is 13.1.